The molecule has 0 unspecified atom stereocenters. The summed E-state index contributed by atoms with van der Waals surface area (Å²) in [6, 6.07) is 4.99. The molecular formula is C17H16FN5O2. The summed E-state index contributed by atoms with van der Waals surface area (Å²) >= 11 is 0. The summed E-state index contributed by atoms with van der Waals surface area (Å²) in [6.45, 7) is 0.371. The van der Waals surface area contributed by atoms with E-state index >= 15 is 0 Å². The Hall–Kier alpha value is -3.13. The van der Waals surface area contributed by atoms with Crippen molar-refractivity contribution in [1.29, 1.82) is 0 Å². The van der Waals surface area contributed by atoms with Crippen LogP contribution in [0, 0.1) is 0 Å². The number of ether oxygens (including phenoxy) is 1. The van der Waals surface area contributed by atoms with E-state index in [-0.39, 0.29) is 25.3 Å². The summed E-state index contributed by atoms with van der Waals surface area (Å²) in [6.07, 6.45) is 6.73. The van der Waals surface area contributed by atoms with Gasteiger partial charge in [0.15, 0.2) is 0 Å². The zero-order valence-electron chi connectivity index (χ0n) is 13.3. The minimum Gasteiger partial charge on any atom is -0.489 e. The Balaban J connectivity index is 1.85. The maximum atomic E-state index is 12.5. The zero-order chi connectivity index (χ0) is 17.6. The number of hydrogen-bond donors (Lipinski definition) is 1. The first kappa shape index (κ1) is 16.7. The van der Waals surface area contributed by atoms with E-state index in [1.165, 1.54) is 4.68 Å². The quantitative estimate of drug-likeness (QED) is 0.728. The number of nitrogens with zero attached hydrogens (tertiary/aromatic N) is 4. The number of rotatable bonds is 6. The number of nitrogens with two attached hydrogens (primary N) is 1. The molecule has 25 heavy (non-hydrogen) atoms. The standard InChI is InChI=1S/C17H16FN5O2/c18-6-12(7-19)11-25-15-1-2-16-13(5-15)8-22-23(17(16)24)10-14-9-20-3-4-21-14/h1-6,8-9H,7,10-11,19H2/b12-6+. The van der Waals surface area contributed by atoms with Crippen molar-refractivity contribution >= 4 is 10.8 Å². The van der Waals surface area contributed by atoms with Gasteiger partial charge in [0.2, 0.25) is 0 Å². The summed E-state index contributed by atoms with van der Waals surface area (Å²) in [5.41, 5.74) is 6.14. The lowest BCUT2D eigenvalue weighted by molar-refractivity contribution is 0.348. The summed E-state index contributed by atoms with van der Waals surface area (Å²) < 4.78 is 19.3. The second-order valence-corrected chi connectivity index (χ2v) is 5.31. The van der Waals surface area contributed by atoms with Crippen molar-refractivity contribution in [3.63, 3.8) is 0 Å². The molecule has 0 atom stereocenters. The number of hydrogen-bond acceptors (Lipinski definition) is 6. The van der Waals surface area contributed by atoms with Crippen molar-refractivity contribution in [3.8, 4) is 5.75 Å². The molecule has 0 radical (unpaired) electrons. The molecule has 0 saturated carbocycles. The molecule has 0 saturated heterocycles. The van der Waals surface area contributed by atoms with Crippen LogP contribution >= 0.6 is 0 Å². The molecule has 8 heteroatoms. The molecule has 2 aromatic heterocycles. The highest BCUT2D eigenvalue weighted by Crippen LogP contribution is 2.18. The van der Waals surface area contributed by atoms with Crippen molar-refractivity contribution in [2.45, 2.75) is 6.54 Å². The van der Waals surface area contributed by atoms with Crippen LogP contribution in [0.5, 0.6) is 5.75 Å². The lowest BCUT2D eigenvalue weighted by Crippen LogP contribution is -2.23. The third-order valence-corrected chi connectivity index (χ3v) is 3.59. The van der Waals surface area contributed by atoms with Crippen molar-refractivity contribution < 1.29 is 9.13 Å². The van der Waals surface area contributed by atoms with Gasteiger partial charge in [-0.3, -0.25) is 14.8 Å². The fourth-order valence-electron chi connectivity index (χ4n) is 2.24. The molecule has 1 aromatic carbocycles. The Morgan fingerprint density at radius 1 is 1.32 bits per heavy atom. The highest BCUT2D eigenvalue weighted by Gasteiger charge is 2.07. The van der Waals surface area contributed by atoms with E-state index < -0.39 is 0 Å². The second kappa shape index (κ2) is 7.63. The van der Waals surface area contributed by atoms with Crippen LogP contribution in [0.15, 0.2) is 59.7 Å². The third kappa shape index (κ3) is 3.86. The van der Waals surface area contributed by atoms with Gasteiger partial charge in [-0.25, -0.2) is 9.07 Å². The molecule has 0 aliphatic rings. The Morgan fingerprint density at radius 3 is 2.92 bits per heavy atom. The van der Waals surface area contributed by atoms with Gasteiger partial charge in [-0.15, -0.1) is 0 Å². The van der Waals surface area contributed by atoms with Crippen LogP contribution < -0.4 is 16.0 Å². The molecule has 0 spiro atoms. The van der Waals surface area contributed by atoms with Crippen molar-refractivity contribution in [1.82, 2.24) is 19.7 Å². The Morgan fingerprint density at radius 2 is 2.20 bits per heavy atom. The Labute approximate surface area is 142 Å². The van der Waals surface area contributed by atoms with Gasteiger partial charge in [-0.05, 0) is 18.2 Å². The van der Waals surface area contributed by atoms with Gasteiger partial charge >= 0.3 is 0 Å². The molecule has 3 aromatic rings. The smallest absolute Gasteiger partial charge is 0.275 e. The summed E-state index contributed by atoms with van der Waals surface area (Å²) in [5.74, 6) is 0.508. The summed E-state index contributed by atoms with van der Waals surface area (Å²) in [4.78, 5) is 20.6. The average molecular weight is 341 g/mol. The second-order valence-electron chi connectivity index (χ2n) is 5.31. The zero-order valence-corrected chi connectivity index (χ0v) is 13.3. The molecule has 7 nitrogen and oxygen atoms in total. The highest BCUT2D eigenvalue weighted by molar-refractivity contribution is 5.82. The highest BCUT2D eigenvalue weighted by atomic mass is 19.1. The van der Waals surface area contributed by atoms with E-state index in [2.05, 4.69) is 15.1 Å². The minimum atomic E-state index is -0.235. The molecule has 3 rings (SSSR count). The Bertz CT molecular complexity index is 956. The topological polar surface area (TPSA) is 95.9 Å². The normalized spacial score (nSPS) is 11.7. The molecule has 0 amide bonds. The van der Waals surface area contributed by atoms with Gasteiger partial charge in [0.1, 0.15) is 12.4 Å². The average Bonchev–Trinajstić information content (AvgIpc) is 2.66. The molecule has 0 aliphatic carbocycles. The van der Waals surface area contributed by atoms with Gasteiger partial charge < -0.3 is 10.5 Å². The van der Waals surface area contributed by atoms with Crippen LogP contribution in [0.2, 0.25) is 0 Å². The van der Waals surface area contributed by atoms with E-state index in [1.54, 1.807) is 43.0 Å². The fraction of sp³-hybridized carbons (Fsp3) is 0.176. The Kier molecular flexibility index (Phi) is 5.10. The minimum absolute atomic E-state index is 0.0513. The molecule has 0 aliphatic heterocycles. The van der Waals surface area contributed by atoms with E-state index in [0.717, 1.165) is 0 Å². The molecule has 128 valence electrons. The first-order valence-corrected chi connectivity index (χ1v) is 7.57. The molecule has 2 N–H and O–H groups in total. The molecule has 0 fully saturated rings. The van der Waals surface area contributed by atoms with Gasteiger partial charge in [0.05, 0.1) is 36.3 Å². The monoisotopic (exact) mass is 341 g/mol. The maximum Gasteiger partial charge on any atom is 0.275 e. The van der Waals surface area contributed by atoms with Crippen molar-refractivity contribution in [2.75, 3.05) is 13.2 Å². The van der Waals surface area contributed by atoms with E-state index in [1.807, 2.05) is 0 Å². The summed E-state index contributed by atoms with van der Waals surface area (Å²) in [5, 5.41) is 5.30. The molecular weight excluding hydrogens is 325 g/mol. The fourth-order valence-corrected chi connectivity index (χ4v) is 2.24. The van der Waals surface area contributed by atoms with Gasteiger partial charge in [0.25, 0.3) is 5.56 Å². The maximum absolute atomic E-state index is 12.5. The van der Waals surface area contributed by atoms with Crippen LogP contribution in [0.4, 0.5) is 4.39 Å². The van der Waals surface area contributed by atoms with Crippen LogP contribution in [0.25, 0.3) is 10.8 Å². The SMILES string of the molecule is NC/C(=C\F)COc1ccc2c(=O)n(Cc3cnccn3)ncc2c1. The van der Waals surface area contributed by atoms with Gasteiger partial charge in [-0.2, -0.15) is 5.10 Å². The van der Waals surface area contributed by atoms with Gasteiger partial charge in [0, 0.05) is 29.9 Å². The van der Waals surface area contributed by atoms with E-state index in [9.17, 15) is 9.18 Å². The first-order valence-electron chi connectivity index (χ1n) is 7.57. The van der Waals surface area contributed by atoms with Crippen LogP contribution in [0.3, 0.4) is 0 Å². The van der Waals surface area contributed by atoms with Crippen LogP contribution in [-0.4, -0.2) is 32.9 Å². The van der Waals surface area contributed by atoms with Crippen LogP contribution in [-0.2, 0) is 6.54 Å². The number of fused-ring (bicyclic) bond motifs is 1. The largest absolute Gasteiger partial charge is 0.489 e. The van der Waals surface area contributed by atoms with Crippen molar-refractivity contribution in [3.05, 3.63) is 70.9 Å². The van der Waals surface area contributed by atoms with Crippen LogP contribution in [0.1, 0.15) is 5.69 Å². The lowest BCUT2D eigenvalue weighted by atomic mass is 10.2. The van der Waals surface area contributed by atoms with E-state index in [0.29, 0.717) is 34.1 Å². The first-order chi connectivity index (χ1) is 12.2. The number of benzene rings is 1. The molecule has 2 heterocycles. The predicted octanol–water partition coefficient (Wildman–Crippen LogP) is 1.43. The van der Waals surface area contributed by atoms with E-state index in [4.69, 9.17) is 10.5 Å². The predicted molar refractivity (Wildman–Crippen MR) is 90.9 cm³/mol. The van der Waals surface area contributed by atoms with Gasteiger partial charge in [-0.1, -0.05) is 0 Å². The summed E-state index contributed by atoms with van der Waals surface area (Å²) in [7, 11) is 0. The number of halogens is 1. The number of aromatic nitrogens is 4. The lowest BCUT2D eigenvalue weighted by Gasteiger charge is -2.09. The third-order valence-electron chi connectivity index (χ3n) is 3.59. The van der Waals surface area contributed by atoms with Crippen molar-refractivity contribution in [2.24, 2.45) is 5.73 Å². The molecule has 0 bridgehead atoms.